The first kappa shape index (κ1) is 13.0. The third kappa shape index (κ3) is 3.22. The highest BCUT2D eigenvalue weighted by Gasteiger charge is 2.22. The van der Waals surface area contributed by atoms with Crippen LogP contribution in [0, 0.1) is 0 Å². The molecule has 90 valence electrons. The minimum atomic E-state index is -0.344. The van der Waals surface area contributed by atoms with E-state index in [1.54, 1.807) is 7.11 Å². The summed E-state index contributed by atoms with van der Waals surface area (Å²) < 4.78 is 10.6. The molecule has 0 radical (unpaired) electrons. The zero-order chi connectivity index (χ0) is 12.0. The van der Waals surface area contributed by atoms with Gasteiger partial charge in [-0.3, -0.25) is 0 Å². The smallest absolute Gasteiger partial charge is 0.124 e. The van der Waals surface area contributed by atoms with E-state index in [4.69, 9.17) is 15.2 Å². The van der Waals surface area contributed by atoms with Crippen molar-refractivity contribution >= 4 is 0 Å². The van der Waals surface area contributed by atoms with Crippen LogP contribution >= 0.6 is 0 Å². The molecule has 1 unspecified atom stereocenters. The van der Waals surface area contributed by atoms with E-state index in [-0.39, 0.29) is 5.54 Å². The normalized spacial score (nSPS) is 14.5. The molecule has 1 aromatic rings. The summed E-state index contributed by atoms with van der Waals surface area (Å²) in [5, 5.41) is 0. The van der Waals surface area contributed by atoms with Crippen LogP contribution in [0.1, 0.15) is 25.8 Å². The lowest BCUT2D eigenvalue weighted by atomic mass is 9.90. The predicted octanol–water partition coefficient (Wildman–Crippen LogP) is 2.30. The molecule has 0 aliphatic heterocycles. The number of benzene rings is 1. The van der Waals surface area contributed by atoms with Crippen LogP contribution in [0.15, 0.2) is 24.3 Å². The Hall–Kier alpha value is -1.06. The van der Waals surface area contributed by atoms with Crippen LogP contribution in [0.2, 0.25) is 0 Å². The number of rotatable bonds is 6. The van der Waals surface area contributed by atoms with E-state index in [0.29, 0.717) is 13.2 Å². The first-order chi connectivity index (χ1) is 7.61. The molecule has 0 saturated carbocycles. The van der Waals surface area contributed by atoms with Crippen molar-refractivity contribution in [3.63, 3.8) is 0 Å². The van der Waals surface area contributed by atoms with E-state index >= 15 is 0 Å². The number of ether oxygens (including phenoxy) is 2. The average Bonchev–Trinajstić information content (AvgIpc) is 2.30. The molecule has 2 N–H and O–H groups in total. The van der Waals surface area contributed by atoms with Crippen molar-refractivity contribution in [3.05, 3.63) is 29.8 Å². The Morgan fingerprint density at radius 2 is 1.94 bits per heavy atom. The minimum absolute atomic E-state index is 0.344. The van der Waals surface area contributed by atoms with Crippen LogP contribution in [0.5, 0.6) is 5.75 Å². The van der Waals surface area contributed by atoms with Crippen LogP contribution in [-0.2, 0) is 10.3 Å². The Bertz CT molecular complexity index is 323. The second kappa shape index (κ2) is 5.87. The summed E-state index contributed by atoms with van der Waals surface area (Å²) in [6, 6.07) is 7.91. The van der Waals surface area contributed by atoms with Gasteiger partial charge in [-0.1, -0.05) is 25.1 Å². The molecule has 1 aromatic carbocycles. The molecule has 1 atom stereocenters. The van der Waals surface area contributed by atoms with Gasteiger partial charge in [0.2, 0.25) is 0 Å². The number of hydrogen-bond acceptors (Lipinski definition) is 3. The second-order valence-corrected chi connectivity index (χ2v) is 4.11. The molecule has 3 heteroatoms. The predicted molar refractivity (Wildman–Crippen MR) is 65.6 cm³/mol. The minimum Gasteiger partial charge on any atom is -0.491 e. The van der Waals surface area contributed by atoms with Gasteiger partial charge in [0.05, 0.1) is 6.61 Å². The fraction of sp³-hybridized carbons (Fsp3) is 0.538. The van der Waals surface area contributed by atoms with Gasteiger partial charge >= 0.3 is 0 Å². The van der Waals surface area contributed by atoms with Gasteiger partial charge in [0.1, 0.15) is 12.4 Å². The summed E-state index contributed by atoms with van der Waals surface area (Å²) in [6.45, 7) is 5.23. The van der Waals surface area contributed by atoms with Gasteiger partial charge in [0, 0.05) is 18.2 Å². The van der Waals surface area contributed by atoms with Crippen LogP contribution < -0.4 is 10.5 Å². The first-order valence-corrected chi connectivity index (χ1v) is 5.62. The summed E-state index contributed by atoms with van der Waals surface area (Å²) in [5.41, 5.74) is 6.94. The highest BCUT2D eigenvalue weighted by atomic mass is 16.5. The molecule has 0 aliphatic rings. The van der Waals surface area contributed by atoms with E-state index in [0.717, 1.165) is 17.7 Å². The number of nitrogens with two attached hydrogens (primary N) is 1. The van der Waals surface area contributed by atoms with Crippen molar-refractivity contribution in [1.82, 2.24) is 0 Å². The third-order valence-electron chi connectivity index (χ3n) is 2.78. The lowest BCUT2D eigenvalue weighted by Crippen LogP contribution is -2.32. The molecular formula is C13H21NO2. The summed E-state index contributed by atoms with van der Waals surface area (Å²) in [7, 11) is 1.66. The van der Waals surface area contributed by atoms with Crippen molar-refractivity contribution in [2.75, 3.05) is 20.3 Å². The van der Waals surface area contributed by atoms with Gasteiger partial charge in [0.25, 0.3) is 0 Å². The Morgan fingerprint density at radius 1 is 1.25 bits per heavy atom. The SMILES string of the molecule is CCC(C)(N)c1ccccc1OCCOC. The Kier molecular flexibility index (Phi) is 4.77. The number of hydrogen-bond donors (Lipinski definition) is 1. The maximum Gasteiger partial charge on any atom is 0.124 e. The molecule has 0 spiro atoms. The molecule has 16 heavy (non-hydrogen) atoms. The lowest BCUT2D eigenvalue weighted by Gasteiger charge is -2.25. The molecule has 0 bridgehead atoms. The van der Waals surface area contributed by atoms with Crippen molar-refractivity contribution in [2.45, 2.75) is 25.8 Å². The van der Waals surface area contributed by atoms with E-state index in [9.17, 15) is 0 Å². The van der Waals surface area contributed by atoms with Gasteiger partial charge in [-0.2, -0.15) is 0 Å². The molecule has 1 rings (SSSR count). The highest BCUT2D eigenvalue weighted by molar-refractivity contribution is 5.38. The van der Waals surface area contributed by atoms with E-state index in [1.165, 1.54) is 0 Å². The maximum atomic E-state index is 6.23. The second-order valence-electron chi connectivity index (χ2n) is 4.11. The molecule has 0 heterocycles. The van der Waals surface area contributed by atoms with Gasteiger partial charge in [-0.15, -0.1) is 0 Å². The summed E-state index contributed by atoms with van der Waals surface area (Å²) in [4.78, 5) is 0. The monoisotopic (exact) mass is 223 g/mol. The van der Waals surface area contributed by atoms with E-state index < -0.39 is 0 Å². The topological polar surface area (TPSA) is 44.5 Å². The largest absolute Gasteiger partial charge is 0.491 e. The van der Waals surface area contributed by atoms with Gasteiger partial charge in [-0.25, -0.2) is 0 Å². The molecular weight excluding hydrogens is 202 g/mol. The standard InChI is InChI=1S/C13H21NO2/c1-4-13(2,14)11-7-5-6-8-12(11)16-10-9-15-3/h5-8H,4,9-10,14H2,1-3H3. The zero-order valence-corrected chi connectivity index (χ0v) is 10.3. The fourth-order valence-electron chi connectivity index (χ4n) is 1.49. The molecule has 0 aromatic heterocycles. The third-order valence-corrected chi connectivity index (χ3v) is 2.78. The Balaban J connectivity index is 2.83. The number of para-hydroxylation sites is 1. The quantitative estimate of drug-likeness (QED) is 0.753. The van der Waals surface area contributed by atoms with Crippen molar-refractivity contribution < 1.29 is 9.47 Å². The zero-order valence-electron chi connectivity index (χ0n) is 10.3. The van der Waals surface area contributed by atoms with Gasteiger partial charge in [0.15, 0.2) is 0 Å². The number of methoxy groups -OCH3 is 1. The Morgan fingerprint density at radius 3 is 2.56 bits per heavy atom. The molecule has 3 nitrogen and oxygen atoms in total. The van der Waals surface area contributed by atoms with Crippen LogP contribution in [0.25, 0.3) is 0 Å². The highest BCUT2D eigenvalue weighted by Crippen LogP contribution is 2.29. The average molecular weight is 223 g/mol. The van der Waals surface area contributed by atoms with E-state index in [2.05, 4.69) is 6.92 Å². The van der Waals surface area contributed by atoms with E-state index in [1.807, 2.05) is 31.2 Å². The lowest BCUT2D eigenvalue weighted by molar-refractivity contribution is 0.145. The Labute approximate surface area is 97.6 Å². The molecule has 0 fully saturated rings. The maximum absolute atomic E-state index is 6.23. The van der Waals surface area contributed by atoms with Gasteiger partial charge < -0.3 is 15.2 Å². The summed E-state index contributed by atoms with van der Waals surface area (Å²) >= 11 is 0. The van der Waals surface area contributed by atoms with Crippen LogP contribution in [-0.4, -0.2) is 20.3 Å². The molecule has 0 amide bonds. The summed E-state index contributed by atoms with van der Waals surface area (Å²) in [5.74, 6) is 0.853. The van der Waals surface area contributed by atoms with Crippen molar-refractivity contribution in [1.29, 1.82) is 0 Å². The molecule has 0 aliphatic carbocycles. The van der Waals surface area contributed by atoms with Crippen LogP contribution in [0.3, 0.4) is 0 Å². The first-order valence-electron chi connectivity index (χ1n) is 5.62. The van der Waals surface area contributed by atoms with Crippen LogP contribution in [0.4, 0.5) is 0 Å². The van der Waals surface area contributed by atoms with Crippen molar-refractivity contribution in [3.8, 4) is 5.75 Å². The van der Waals surface area contributed by atoms with Crippen molar-refractivity contribution in [2.24, 2.45) is 5.73 Å². The van der Waals surface area contributed by atoms with Gasteiger partial charge in [-0.05, 0) is 19.4 Å². The molecule has 0 saturated heterocycles. The fourth-order valence-corrected chi connectivity index (χ4v) is 1.49. The summed E-state index contributed by atoms with van der Waals surface area (Å²) in [6.07, 6.45) is 0.873.